The molecule has 0 atom stereocenters. The van der Waals surface area contributed by atoms with Gasteiger partial charge in [0.15, 0.2) is 0 Å². The third kappa shape index (κ3) is 1.27. The van der Waals surface area contributed by atoms with Crippen LogP contribution in [0, 0.1) is 6.92 Å². The number of hydrogen-bond donors (Lipinski definition) is 1. The number of aliphatic imine (C=N–C) groups is 1. The number of thiol groups is 1. The van der Waals surface area contributed by atoms with E-state index in [4.69, 9.17) is 0 Å². The topological polar surface area (TPSA) is 12.4 Å². The molecule has 2 rings (SSSR count). The van der Waals surface area contributed by atoms with E-state index >= 15 is 0 Å². The number of benzene rings is 1. The Balaban J connectivity index is 2.42. The molecular weight excluding hydrogens is 166 g/mol. The second-order valence-corrected chi connectivity index (χ2v) is 3.46. The first-order valence-corrected chi connectivity index (χ1v) is 4.69. The summed E-state index contributed by atoms with van der Waals surface area (Å²) >= 11 is 4.22. The van der Waals surface area contributed by atoms with Crippen LogP contribution in [0.1, 0.15) is 11.1 Å². The number of hydrogen-bond acceptors (Lipinski definition) is 2. The average molecular weight is 177 g/mol. The van der Waals surface area contributed by atoms with Gasteiger partial charge in [0.1, 0.15) is 0 Å². The fourth-order valence-corrected chi connectivity index (χ4v) is 1.63. The van der Waals surface area contributed by atoms with Gasteiger partial charge in [-0.3, -0.25) is 4.99 Å². The average Bonchev–Trinajstić information content (AvgIpc) is 2.46. The zero-order valence-corrected chi connectivity index (χ0v) is 7.94. The van der Waals surface area contributed by atoms with Crippen molar-refractivity contribution in [2.24, 2.45) is 4.99 Å². The Hall–Kier alpha value is -0.760. The minimum Gasteiger partial charge on any atom is -0.256 e. The normalized spacial score (nSPS) is 14.3. The van der Waals surface area contributed by atoms with Crippen molar-refractivity contribution in [3.05, 3.63) is 29.3 Å². The van der Waals surface area contributed by atoms with Gasteiger partial charge in [-0.25, -0.2) is 0 Å². The van der Waals surface area contributed by atoms with Crippen molar-refractivity contribution in [2.75, 3.05) is 5.75 Å². The van der Waals surface area contributed by atoms with E-state index in [2.05, 4.69) is 42.7 Å². The van der Waals surface area contributed by atoms with Gasteiger partial charge in [-0.2, -0.15) is 12.6 Å². The molecule has 0 bridgehead atoms. The van der Waals surface area contributed by atoms with Crippen LogP contribution in [0.3, 0.4) is 0 Å². The van der Waals surface area contributed by atoms with Gasteiger partial charge in [0.05, 0.1) is 5.69 Å². The van der Waals surface area contributed by atoms with Gasteiger partial charge in [-0.1, -0.05) is 12.1 Å². The summed E-state index contributed by atoms with van der Waals surface area (Å²) in [5, 5.41) is 0. The molecule has 0 spiro atoms. The van der Waals surface area contributed by atoms with E-state index in [9.17, 15) is 0 Å². The molecule has 0 radical (unpaired) electrons. The Bertz CT molecular complexity index is 342. The van der Waals surface area contributed by atoms with Gasteiger partial charge >= 0.3 is 0 Å². The lowest BCUT2D eigenvalue weighted by molar-refractivity contribution is 1.35. The molecule has 2 heteroatoms. The molecule has 0 amide bonds. The van der Waals surface area contributed by atoms with Crippen molar-refractivity contribution in [1.82, 2.24) is 0 Å². The van der Waals surface area contributed by atoms with Gasteiger partial charge in [0.2, 0.25) is 0 Å². The fourth-order valence-electron chi connectivity index (χ4n) is 1.45. The fraction of sp³-hybridized carbons (Fsp3) is 0.300. The lowest BCUT2D eigenvalue weighted by atomic mass is 10.1. The highest BCUT2D eigenvalue weighted by atomic mass is 32.1. The summed E-state index contributed by atoms with van der Waals surface area (Å²) in [6.07, 6.45) is 0.985. The second kappa shape index (κ2) is 2.94. The molecule has 1 heterocycles. The number of nitrogens with zero attached hydrogens (tertiary/aromatic N) is 1. The van der Waals surface area contributed by atoms with Crippen LogP contribution in [0.2, 0.25) is 0 Å². The van der Waals surface area contributed by atoms with Crippen LogP contribution in [0.5, 0.6) is 0 Å². The lowest BCUT2D eigenvalue weighted by Gasteiger charge is -1.96. The van der Waals surface area contributed by atoms with Crippen molar-refractivity contribution < 1.29 is 0 Å². The predicted octanol–water partition coefficient (Wildman–Crippen LogP) is 2.55. The van der Waals surface area contributed by atoms with Crippen LogP contribution in [-0.4, -0.2) is 11.5 Å². The number of rotatable bonds is 1. The smallest absolute Gasteiger partial charge is 0.0667 e. The molecule has 0 fully saturated rings. The van der Waals surface area contributed by atoms with Gasteiger partial charge in [-0.15, -0.1) is 0 Å². The molecular formula is C10H11NS. The lowest BCUT2D eigenvalue weighted by Crippen LogP contribution is -1.97. The van der Waals surface area contributed by atoms with Crippen molar-refractivity contribution in [3.8, 4) is 0 Å². The third-order valence-corrected chi connectivity index (χ3v) is 2.46. The van der Waals surface area contributed by atoms with Crippen molar-refractivity contribution in [2.45, 2.75) is 13.3 Å². The Kier molecular flexibility index (Phi) is 1.93. The second-order valence-electron chi connectivity index (χ2n) is 3.15. The number of fused-ring (bicyclic) bond motifs is 1. The maximum absolute atomic E-state index is 4.47. The van der Waals surface area contributed by atoms with Gasteiger partial charge < -0.3 is 0 Å². The van der Waals surface area contributed by atoms with E-state index in [0.29, 0.717) is 0 Å². The zero-order chi connectivity index (χ0) is 8.55. The summed E-state index contributed by atoms with van der Waals surface area (Å²) in [6.45, 7) is 2.09. The van der Waals surface area contributed by atoms with Gasteiger partial charge in [0, 0.05) is 17.9 Å². The summed E-state index contributed by atoms with van der Waals surface area (Å²) in [5.41, 5.74) is 4.93. The predicted molar refractivity (Wildman–Crippen MR) is 55.8 cm³/mol. The molecule has 1 aromatic carbocycles. The molecule has 0 N–H and O–H groups in total. The monoisotopic (exact) mass is 177 g/mol. The standard InChI is InChI=1S/C10H11NS/c1-7-2-3-8-5-9(6-12)11-10(8)4-7/h2-4,12H,5-6H2,1H3. The van der Waals surface area contributed by atoms with E-state index in [0.717, 1.165) is 17.9 Å². The maximum atomic E-state index is 4.47. The van der Waals surface area contributed by atoms with Gasteiger partial charge in [-0.05, 0) is 24.1 Å². The first-order valence-electron chi connectivity index (χ1n) is 4.06. The highest BCUT2D eigenvalue weighted by molar-refractivity contribution is 7.81. The molecule has 1 aliphatic rings. The van der Waals surface area contributed by atoms with Crippen molar-refractivity contribution in [3.63, 3.8) is 0 Å². The molecule has 0 aromatic heterocycles. The van der Waals surface area contributed by atoms with Crippen LogP contribution >= 0.6 is 12.6 Å². The molecule has 1 aromatic rings. The summed E-state index contributed by atoms with van der Waals surface area (Å²) < 4.78 is 0. The molecule has 1 aliphatic heterocycles. The van der Waals surface area contributed by atoms with Crippen LogP contribution < -0.4 is 0 Å². The van der Waals surface area contributed by atoms with Crippen molar-refractivity contribution in [1.29, 1.82) is 0 Å². The molecule has 0 saturated carbocycles. The highest BCUT2D eigenvalue weighted by Gasteiger charge is 2.12. The third-order valence-electron chi connectivity index (χ3n) is 2.10. The molecule has 1 nitrogen and oxygen atoms in total. The van der Waals surface area contributed by atoms with Crippen LogP contribution in [-0.2, 0) is 6.42 Å². The minimum absolute atomic E-state index is 0.772. The van der Waals surface area contributed by atoms with Crippen LogP contribution in [0.15, 0.2) is 23.2 Å². The van der Waals surface area contributed by atoms with E-state index in [1.807, 2.05) is 0 Å². The van der Waals surface area contributed by atoms with E-state index < -0.39 is 0 Å². The zero-order valence-electron chi connectivity index (χ0n) is 7.04. The quantitative estimate of drug-likeness (QED) is 0.633. The summed E-state index contributed by atoms with van der Waals surface area (Å²) in [7, 11) is 0. The van der Waals surface area contributed by atoms with E-state index in [1.165, 1.54) is 16.8 Å². The summed E-state index contributed by atoms with van der Waals surface area (Å²) in [6, 6.07) is 6.42. The molecule has 0 unspecified atom stereocenters. The Morgan fingerprint density at radius 2 is 2.33 bits per heavy atom. The van der Waals surface area contributed by atoms with Crippen LogP contribution in [0.4, 0.5) is 5.69 Å². The largest absolute Gasteiger partial charge is 0.256 e. The van der Waals surface area contributed by atoms with Gasteiger partial charge in [0.25, 0.3) is 0 Å². The summed E-state index contributed by atoms with van der Waals surface area (Å²) in [4.78, 5) is 4.47. The van der Waals surface area contributed by atoms with E-state index in [-0.39, 0.29) is 0 Å². The van der Waals surface area contributed by atoms with E-state index in [1.54, 1.807) is 0 Å². The SMILES string of the molecule is Cc1ccc2c(c1)N=C(CS)C2. The highest BCUT2D eigenvalue weighted by Crippen LogP contribution is 2.27. The summed E-state index contributed by atoms with van der Waals surface area (Å²) in [5.74, 6) is 0.772. The molecule has 62 valence electrons. The Morgan fingerprint density at radius 3 is 3.08 bits per heavy atom. The first-order chi connectivity index (χ1) is 5.79. The van der Waals surface area contributed by atoms with Crippen LogP contribution in [0.25, 0.3) is 0 Å². The maximum Gasteiger partial charge on any atom is 0.0667 e. The minimum atomic E-state index is 0.772. The van der Waals surface area contributed by atoms with Crippen molar-refractivity contribution >= 4 is 24.0 Å². The molecule has 0 aliphatic carbocycles. The Morgan fingerprint density at radius 1 is 1.50 bits per heavy atom. The molecule has 12 heavy (non-hydrogen) atoms. The molecule has 0 saturated heterocycles. The Labute approximate surface area is 77.9 Å². The number of aryl methyl sites for hydroxylation is 1. The first kappa shape index (κ1) is 7.87.